The third-order valence-corrected chi connectivity index (χ3v) is 4.20. The minimum absolute atomic E-state index is 0.414. The first-order valence-corrected chi connectivity index (χ1v) is 9.87. The molecule has 0 heterocycles. The summed E-state index contributed by atoms with van der Waals surface area (Å²) in [6, 6.07) is 7.82. The average Bonchev–Trinajstić information content (AvgIpc) is 2.16. The molecule has 1 atom stereocenters. The molecule has 0 aliphatic carbocycles. The van der Waals surface area contributed by atoms with Crippen molar-refractivity contribution in [2.75, 3.05) is 0 Å². The molecule has 0 fully saturated rings. The molecular formula is C13H19BrOSi. The first-order chi connectivity index (χ1) is 7.40. The molecule has 0 aliphatic heterocycles. The molecular weight excluding hydrogens is 280 g/mol. The molecule has 16 heavy (non-hydrogen) atoms. The van der Waals surface area contributed by atoms with Gasteiger partial charge in [0, 0.05) is 4.47 Å². The molecule has 0 amide bonds. The highest BCUT2D eigenvalue weighted by Gasteiger charge is 2.10. The standard InChI is InChI=1S/C13H19BrOSi/c1-16(2,3)10-6-9-13(15)11-7-4-5-8-12(11)14/h4-8,10,13,15H,9H2,1-3H3/b10-6+. The fraction of sp³-hybridized carbons (Fsp3) is 0.385. The first kappa shape index (κ1) is 13.7. The molecule has 1 nitrogen and oxygen atoms in total. The van der Waals surface area contributed by atoms with E-state index >= 15 is 0 Å². The monoisotopic (exact) mass is 298 g/mol. The van der Waals surface area contributed by atoms with Crippen LogP contribution in [0.4, 0.5) is 0 Å². The SMILES string of the molecule is C[Si](C)(C)/C=C/CC(O)c1ccccc1Br. The van der Waals surface area contributed by atoms with Crippen LogP contribution in [-0.4, -0.2) is 13.2 Å². The minimum Gasteiger partial charge on any atom is -0.388 e. The zero-order valence-electron chi connectivity index (χ0n) is 10.1. The summed E-state index contributed by atoms with van der Waals surface area (Å²) in [6.45, 7) is 6.86. The van der Waals surface area contributed by atoms with Crippen molar-refractivity contribution in [1.29, 1.82) is 0 Å². The van der Waals surface area contributed by atoms with Gasteiger partial charge in [0.15, 0.2) is 0 Å². The number of aliphatic hydroxyl groups is 1. The number of hydrogen-bond donors (Lipinski definition) is 1. The summed E-state index contributed by atoms with van der Waals surface area (Å²) in [5.41, 5.74) is 3.23. The molecule has 88 valence electrons. The van der Waals surface area contributed by atoms with Gasteiger partial charge in [0.05, 0.1) is 14.2 Å². The Bertz CT molecular complexity index is 368. The van der Waals surface area contributed by atoms with Gasteiger partial charge in [-0.25, -0.2) is 0 Å². The zero-order valence-corrected chi connectivity index (χ0v) is 12.7. The van der Waals surface area contributed by atoms with Crippen molar-refractivity contribution in [2.45, 2.75) is 32.2 Å². The highest BCUT2D eigenvalue weighted by Crippen LogP contribution is 2.25. The smallest absolute Gasteiger partial charge is 0.0835 e. The summed E-state index contributed by atoms with van der Waals surface area (Å²) in [5, 5.41) is 10.0. The van der Waals surface area contributed by atoms with Crippen molar-refractivity contribution in [1.82, 2.24) is 0 Å². The summed E-state index contributed by atoms with van der Waals surface area (Å²) in [5.74, 6) is 0. The Morgan fingerprint density at radius 3 is 2.50 bits per heavy atom. The summed E-state index contributed by atoms with van der Waals surface area (Å²) in [6.07, 6.45) is 2.38. The van der Waals surface area contributed by atoms with Crippen molar-refractivity contribution in [3.8, 4) is 0 Å². The average molecular weight is 299 g/mol. The Kier molecular flexibility index (Phi) is 4.96. The second-order valence-corrected chi connectivity index (χ2v) is 11.0. The number of aliphatic hydroxyl groups excluding tert-OH is 1. The van der Waals surface area contributed by atoms with E-state index in [2.05, 4.69) is 47.3 Å². The van der Waals surface area contributed by atoms with E-state index in [1.165, 1.54) is 0 Å². The molecule has 0 saturated carbocycles. The maximum atomic E-state index is 10.0. The third-order valence-electron chi connectivity index (χ3n) is 2.24. The van der Waals surface area contributed by atoms with Crippen LogP contribution in [0.5, 0.6) is 0 Å². The topological polar surface area (TPSA) is 20.2 Å². The van der Waals surface area contributed by atoms with Gasteiger partial charge in [0.1, 0.15) is 0 Å². The Morgan fingerprint density at radius 1 is 1.31 bits per heavy atom. The predicted molar refractivity (Wildman–Crippen MR) is 76.2 cm³/mol. The molecule has 0 aliphatic rings. The van der Waals surface area contributed by atoms with E-state index in [-0.39, 0.29) is 0 Å². The van der Waals surface area contributed by atoms with E-state index < -0.39 is 14.2 Å². The van der Waals surface area contributed by atoms with Gasteiger partial charge in [-0.05, 0) is 18.1 Å². The quantitative estimate of drug-likeness (QED) is 0.822. The lowest BCUT2D eigenvalue weighted by Gasteiger charge is -2.12. The van der Waals surface area contributed by atoms with Gasteiger partial charge in [-0.3, -0.25) is 0 Å². The van der Waals surface area contributed by atoms with Crippen LogP contribution < -0.4 is 0 Å². The van der Waals surface area contributed by atoms with Crippen LogP contribution in [0.1, 0.15) is 18.1 Å². The summed E-state index contributed by atoms with van der Waals surface area (Å²) in [7, 11) is -1.14. The van der Waals surface area contributed by atoms with Gasteiger partial charge >= 0.3 is 0 Å². The number of hydrogen-bond acceptors (Lipinski definition) is 1. The van der Waals surface area contributed by atoms with Gasteiger partial charge in [-0.2, -0.15) is 0 Å². The molecule has 1 aromatic carbocycles. The van der Waals surface area contributed by atoms with Crippen LogP contribution in [0, 0.1) is 0 Å². The van der Waals surface area contributed by atoms with E-state index in [0.29, 0.717) is 6.42 Å². The molecule has 1 unspecified atom stereocenters. The number of rotatable bonds is 4. The number of benzene rings is 1. The van der Waals surface area contributed by atoms with E-state index in [1.54, 1.807) is 0 Å². The van der Waals surface area contributed by atoms with Crippen LogP contribution in [-0.2, 0) is 0 Å². The van der Waals surface area contributed by atoms with E-state index in [4.69, 9.17) is 0 Å². The lowest BCUT2D eigenvalue weighted by molar-refractivity contribution is 0.181. The first-order valence-electron chi connectivity index (χ1n) is 5.50. The Morgan fingerprint density at radius 2 is 1.94 bits per heavy atom. The van der Waals surface area contributed by atoms with E-state index in [1.807, 2.05) is 24.3 Å². The molecule has 3 heteroatoms. The fourth-order valence-corrected chi connectivity index (χ4v) is 2.82. The zero-order chi connectivity index (χ0) is 12.2. The summed E-state index contributed by atoms with van der Waals surface area (Å²) in [4.78, 5) is 0. The highest BCUT2D eigenvalue weighted by atomic mass is 79.9. The summed E-state index contributed by atoms with van der Waals surface area (Å²) >= 11 is 3.45. The third kappa shape index (κ3) is 4.64. The molecule has 0 aromatic heterocycles. The van der Waals surface area contributed by atoms with E-state index in [9.17, 15) is 5.11 Å². The van der Waals surface area contributed by atoms with Crippen LogP contribution in [0.15, 0.2) is 40.5 Å². The second-order valence-electron chi connectivity index (χ2n) is 5.04. The van der Waals surface area contributed by atoms with Crippen molar-refractivity contribution in [2.24, 2.45) is 0 Å². The lowest BCUT2D eigenvalue weighted by atomic mass is 10.1. The van der Waals surface area contributed by atoms with E-state index in [0.717, 1.165) is 10.0 Å². The van der Waals surface area contributed by atoms with Crippen molar-refractivity contribution in [3.05, 3.63) is 46.1 Å². The molecule has 1 aromatic rings. The maximum absolute atomic E-state index is 10.0. The Balaban J connectivity index is 2.63. The Labute approximate surface area is 107 Å². The highest BCUT2D eigenvalue weighted by molar-refractivity contribution is 9.10. The predicted octanol–water partition coefficient (Wildman–Crippen LogP) is 4.31. The fourth-order valence-electron chi connectivity index (χ4n) is 1.42. The number of halogens is 1. The van der Waals surface area contributed by atoms with Crippen LogP contribution >= 0.6 is 15.9 Å². The van der Waals surface area contributed by atoms with Crippen molar-refractivity contribution in [3.63, 3.8) is 0 Å². The van der Waals surface area contributed by atoms with Gasteiger partial charge in [0.2, 0.25) is 0 Å². The van der Waals surface area contributed by atoms with Gasteiger partial charge in [0.25, 0.3) is 0 Å². The molecule has 0 spiro atoms. The van der Waals surface area contributed by atoms with Crippen molar-refractivity contribution < 1.29 is 5.11 Å². The normalized spacial score (nSPS) is 14.3. The maximum Gasteiger partial charge on any atom is 0.0835 e. The van der Waals surface area contributed by atoms with Crippen LogP contribution in [0.2, 0.25) is 19.6 Å². The van der Waals surface area contributed by atoms with Crippen LogP contribution in [0.3, 0.4) is 0 Å². The summed E-state index contributed by atoms with van der Waals surface area (Å²) < 4.78 is 0.976. The van der Waals surface area contributed by atoms with Crippen molar-refractivity contribution >= 4 is 24.0 Å². The molecule has 1 rings (SSSR count). The second kappa shape index (κ2) is 5.80. The minimum atomic E-state index is -1.14. The molecule has 0 bridgehead atoms. The molecule has 1 N–H and O–H groups in total. The lowest BCUT2D eigenvalue weighted by Crippen LogP contribution is -2.15. The molecule has 0 saturated heterocycles. The largest absolute Gasteiger partial charge is 0.388 e. The van der Waals surface area contributed by atoms with Crippen LogP contribution in [0.25, 0.3) is 0 Å². The van der Waals surface area contributed by atoms with Gasteiger partial charge in [-0.1, -0.05) is 65.5 Å². The van der Waals surface area contributed by atoms with Gasteiger partial charge < -0.3 is 5.11 Å². The Hall–Kier alpha value is -0.383. The molecule has 0 radical (unpaired) electrons. The van der Waals surface area contributed by atoms with Gasteiger partial charge in [-0.15, -0.1) is 0 Å².